The second-order valence-electron chi connectivity index (χ2n) is 20.4. The number of ether oxygens (including phenoxy) is 2. The zero-order chi connectivity index (χ0) is 56.8. The summed E-state index contributed by atoms with van der Waals surface area (Å²) in [6.45, 7) is 3.60. The van der Waals surface area contributed by atoms with Crippen LogP contribution in [0.1, 0.15) is 88.1 Å². The summed E-state index contributed by atoms with van der Waals surface area (Å²) in [5.74, 6) is -7.65. The molecule has 0 aliphatic carbocycles. The number of phenols is 1. The summed E-state index contributed by atoms with van der Waals surface area (Å²) in [6, 6.07) is 8.59. The molecule has 78 heavy (non-hydrogen) atoms. The number of nitrogens with zero attached hydrogens (tertiary/aromatic N) is 2. The van der Waals surface area contributed by atoms with Crippen molar-refractivity contribution < 1.29 is 78.8 Å². The van der Waals surface area contributed by atoms with E-state index in [4.69, 9.17) is 9.47 Å². The molecule has 3 aromatic rings. The maximum Gasteiger partial charge on any atom is 0.251 e. The van der Waals surface area contributed by atoms with Crippen LogP contribution in [0.3, 0.4) is 0 Å². The maximum absolute atomic E-state index is 14.5. The van der Waals surface area contributed by atoms with Gasteiger partial charge in [0.1, 0.15) is 53.9 Å². The first kappa shape index (κ1) is 60.5. The number of fused-ring (bicyclic) bond motifs is 2. The van der Waals surface area contributed by atoms with Gasteiger partial charge in [0.2, 0.25) is 35.4 Å². The van der Waals surface area contributed by atoms with E-state index < -0.39 is 146 Å². The van der Waals surface area contributed by atoms with Gasteiger partial charge in [0.15, 0.2) is 6.23 Å². The Morgan fingerprint density at radius 2 is 1.36 bits per heavy atom. The molecule has 3 aliphatic rings. The topological polar surface area (TPSA) is 346 Å². The molecular formula is C55H75N7O16. The molecule has 13 atom stereocenters. The number of aromatic hydroxyl groups is 1. The average molecular weight is 1090 g/mol. The number of phenolic OH excluding ortho intramolecular Hbond substituents is 1. The second-order valence-corrected chi connectivity index (χ2v) is 20.4. The molecular weight excluding hydrogens is 1010 g/mol. The zero-order valence-electron chi connectivity index (χ0n) is 44.3. The van der Waals surface area contributed by atoms with Gasteiger partial charge in [0, 0.05) is 50.9 Å². The first-order valence-corrected chi connectivity index (χ1v) is 26.5. The summed E-state index contributed by atoms with van der Waals surface area (Å²) < 4.78 is 11.4. The van der Waals surface area contributed by atoms with Crippen LogP contribution in [0, 0.1) is 5.92 Å². The van der Waals surface area contributed by atoms with Gasteiger partial charge in [-0.15, -0.1) is 0 Å². The molecule has 0 bridgehead atoms. The van der Waals surface area contributed by atoms with Crippen molar-refractivity contribution in [1.82, 2.24) is 36.4 Å². The van der Waals surface area contributed by atoms with Crippen molar-refractivity contribution in [2.24, 2.45) is 5.92 Å². The van der Waals surface area contributed by atoms with Crippen molar-refractivity contribution in [2.75, 3.05) is 33.4 Å². The predicted molar refractivity (Wildman–Crippen MR) is 281 cm³/mol. The van der Waals surface area contributed by atoms with E-state index in [0.29, 0.717) is 17.9 Å². The number of carbonyl (C=O) groups is 7. The Bertz CT molecular complexity index is 2520. The highest BCUT2D eigenvalue weighted by Gasteiger charge is 2.49. The third-order valence-corrected chi connectivity index (χ3v) is 14.4. The van der Waals surface area contributed by atoms with E-state index in [2.05, 4.69) is 33.5 Å². The van der Waals surface area contributed by atoms with Crippen LogP contribution in [0.5, 0.6) is 11.5 Å². The lowest BCUT2D eigenvalue weighted by Crippen LogP contribution is -2.63. The van der Waals surface area contributed by atoms with Gasteiger partial charge in [-0.3, -0.25) is 33.6 Å². The van der Waals surface area contributed by atoms with E-state index in [1.807, 2.05) is 24.3 Å². The lowest BCUT2D eigenvalue weighted by molar-refractivity contribution is -0.147. The molecule has 426 valence electrons. The maximum atomic E-state index is 14.5. The fourth-order valence-electron chi connectivity index (χ4n) is 9.91. The number of hydrogen-bond acceptors (Lipinski definition) is 16. The quantitative estimate of drug-likeness (QED) is 0.0748. The summed E-state index contributed by atoms with van der Waals surface area (Å²) in [4.78, 5) is 102. The Kier molecular flexibility index (Phi) is 21.9. The summed E-state index contributed by atoms with van der Waals surface area (Å²) >= 11 is 0. The molecule has 3 saturated heterocycles. The first-order chi connectivity index (χ1) is 37.2. The van der Waals surface area contributed by atoms with E-state index in [9.17, 15) is 69.3 Å². The number of unbranched alkanes of at least 4 members (excludes halogenated alkanes) is 5. The smallest absolute Gasteiger partial charge is 0.251 e. The van der Waals surface area contributed by atoms with Crippen LogP contribution in [0.25, 0.3) is 11.1 Å². The van der Waals surface area contributed by atoms with Crippen molar-refractivity contribution in [3.63, 3.8) is 0 Å². The van der Waals surface area contributed by atoms with Crippen LogP contribution in [0.15, 0.2) is 72.8 Å². The summed E-state index contributed by atoms with van der Waals surface area (Å²) in [6.07, 6.45) is -4.60. The molecule has 23 heteroatoms. The molecule has 7 amide bonds. The van der Waals surface area contributed by atoms with Crippen LogP contribution >= 0.6 is 0 Å². The first-order valence-electron chi connectivity index (χ1n) is 26.5. The number of amides is 7. The number of carbonyl (C=O) groups excluding carboxylic acids is 7. The van der Waals surface area contributed by atoms with Crippen LogP contribution in [-0.2, 0) is 39.9 Å². The van der Waals surface area contributed by atoms with Crippen LogP contribution in [0.2, 0.25) is 0 Å². The standard InChI is InChI=1S/C55H75N7O16/c1-5-6-7-8-9-10-23-78-38-21-17-34(18-22-38)33-13-15-35(16-14-33)48(70)56-39-26-43(68)53(77-4)60-52(74)46-47(69)30(2)27-62(46)54(75)40(29-63)57-51(73)45(42(67)24-32-11-19-36(65)20-12-32)59-50(72)41-25-37(66)28-61(41)55(76)44(31(3)64)58-49(39)71/h11-22,30-31,37,39-47,53,63-69H,5-10,23-29H2,1-4H3,(H,56,70)(H,57,73)(H,58,71)(H,59,72)(H,60,74)/t30-,31+,37+,39?,40-,41-,42+,43?,44-,45-,46-,47-,53?/m0/s1. The molecule has 0 aromatic heterocycles. The summed E-state index contributed by atoms with van der Waals surface area (Å²) in [5, 5.41) is 89.0. The van der Waals surface area contributed by atoms with Gasteiger partial charge in [-0.25, -0.2) is 0 Å². The molecule has 12 N–H and O–H groups in total. The minimum Gasteiger partial charge on any atom is -0.508 e. The van der Waals surface area contributed by atoms with Crippen molar-refractivity contribution in [3.8, 4) is 22.6 Å². The Morgan fingerprint density at radius 1 is 0.731 bits per heavy atom. The van der Waals surface area contributed by atoms with Crippen LogP contribution in [0.4, 0.5) is 0 Å². The van der Waals surface area contributed by atoms with Crippen LogP contribution < -0.4 is 31.3 Å². The summed E-state index contributed by atoms with van der Waals surface area (Å²) in [7, 11) is 1.10. The Morgan fingerprint density at radius 3 is 1.99 bits per heavy atom. The molecule has 0 saturated carbocycles. The predicted octanol–water partition coefficient (Wildman–Crippen LogP) is -0.649. The zero-order valence-corrected chi connectivity index (χ0v) is 44.3. The minimum absolute atomic E-state index is 0.0664. The van der Waals surface area contributed by atoms with Crippen molar-refractivity contribution in [1.29, 1.82) is 0 Å². The highest BCUT2D eigenvalue weighted by molar-refractivity contribution is 6.00. The van der Waals surface area contributed by atoms with Gasteiger partial charge in [0.05, 0.1) is 37.6 Å². The van der Waals surface area contributed by atoms with Crippen molar-refractivity contribution in [2.45, 2.75) is 152 Å². The molecule has 3 aromatic carbocycles. The SMILES string of the molecule is CCCCCCCCOc1ccc(-c2ccc(C(=O)NC3CC(O)C(OC)NC(=O)[C@@H]4[C@@H](O)[C@@H](C)CN4C(=O)[C@H](CO)NC(=O)[C@H]([C@H](O)Cc4ccc(O)cc4)NC(=O)[C@@H]4C[C@@H](O)CN4C(=O)[C@H]([C@@H](C)O)NC3=O)cc2)cc1. The second kappa shape index (κ2) is 28.2. The number of methoxy groups -OCH3 is 1. The molecule has 3 unspecified atom stereocenters. The van der Waals surface area contributed by atoms with E-state index >= 15 is 0 Å². The van der Waals surface area contributed by atoms with Crippen molar-refractivity contribution in [3.05, 3.63) is 83.9 Å². The largest absolute Gasteiger partial charge is 0.508 e. The Labute approximate surface area is 452 Å². The highest BCUT2D eigenvalue weighted by atomic mass is 16.5. The number of nitrogens with one attached hydrogen (secondary N) is 5. The summed E-state index contributed by atoms with van der Waals surface area (Å²) in [5.41, 5.74) is 2.01. The molecule has 3 fully saturated rings. The molecule has 3 heterocycles. The van der Waals surface area contributed by atoms with E-state index in [-0.39, 0.29) is 24.3 Å². The normalized spacial score (nSPS) is 27.5. The lowest BCUT2D eigenvalue weighted by atomic mass is 10.00. The molecule has 0 spiro atoms. The average Bonchev–Trinajstić information content (AvgIpc) is 3.99. The molecule has 6 rings (SSSR count). The van der Waals surface area contributed by atoms with Gasteiger partial charge in [-0.05, 0) is 66.4 Å². The number of rotatable bonds is 17. The van der Waals surface area contributed by atoms with Gasteiger partial charge >= 0.3 is 0 Å². The van der Waals surface area contributed by atoms with Crippen LogP contribution in [-0.4, -0.2) is 193 Å². The van der Waals surface area contributed by atoms with Gasteiger partial charge in [-0.1, -0.05) is 82.3 Å². The lowest BCUT2D eigenvalue weighted by Gasteiger charge is -2.32. The van der Waals surface area contributed by atoms with E-state index in [0.717, 1.165) is 47.8 Å². The molecule has 23 nitrogen and oxygen atoms in total. The molecule has 0 radical (unpaired) electrons. The number of hydrogen-bond donors (Lipinski definition) is 12. The third-order valence-electron chi connectivity index (χ3n) is 14.4. The number of aliphatic hydroxyl groups excluding tert-OH is 6. The van der Waals surface area contributed by atoms with Crippen molar-refractivity contribution >= 4 is 41.4 Å². The molecule has 3 aliphatic heterocycles. The number of aliphatic hydroxyl groups is 6. The monoisotopic (exact) mass is 1090 g/mol. The fourth-order valence-corrected chi connectivity index (χ4v) is 9.91. The van der Waals surface area contributed by atoms with Gasteiger partial charge in [0.25, 0.3) is 5.91 Å². The van der Waals surface area contributed by atoms with E-state index in [1.165, 1.54) is 69.0 Å². The highest BCUT2D eigenvalue weighted by Crippen LogP contribution is 2.27. The van der Waals surface area contributed by atoms with Gasteiger partial charge in [-0.2, -0.15) is 0 Å². The Hall–Kier alpha value is -6.73. The Balaban J connectivity index is 1.30. The number of benzene rings is 3. The van der Waals surface area contributed by atoms with Gasteiger partial charge < -0.3 is 81.6 Å². The van der Waals surface area contributed by atoms with E-state index in [1.54, 1.807) is 12.1 Å². The third kappa shape index (κ3) is 15.5. The fraction of sp³-hybridized carbons (Fsp3) is 0.545. The minimum atomic E-state index is -1.94.